The summed E-state index contributed by atoms with van der Waals surface area (Å²) in [6.45, 7) is 2.51. The Morgan fingerprint density at radius 1 is 1.63 bits per heavy atom. The van der Waals surface area contributed by atoms with Gasteiger partial charge in [0.1, 0.15) is 11.8 Å². The Kier molecular flexibility index (Phi) is 4.48. The zero-order chi connectivity index (χ0) is 13.7. The molecule has 0 spiro atoms. The third-order valence-corrected chi connectivity index (χ3v) is 3.41. The summed E-state index contributed by atoms with van der Waals surface area (Å²) in [5.41, 5.74) is 0.896. The predicted octanol–water partition coefficient (Wildman–Crippen LogP) is 1.02. The van der Waals surface area contributed by atoms with Crippen molar-refractivity contribution in [3.63, 3.8) is 0 Å². The first kappa shape index (κ1) is 13.5. The van der Waals surface area contributed by atoms with Crippen LogP contribution in [0.3, 0.4) is 0 Å². The average molecular weight is 258 g/mol. The lowest BCUT2D eigenvalue weighted by atomic mass is 9.98. The van der Waals surface area contributed by atoms with Crippen LogP contribution in [0.5, 0.6) is 0 Å². The molecule has 1 aromatic heterocycles. The van der Waals surface area contributed by atoms with Crippen LogP contribution >= 0.6 is 0 Å². The molecule has 0 saturated carbocycles. The molecule has 1 N–H and O–H groups in total. The lowest BCUT2D eigenvalue weighted by Gasteiger charge is -2.32. The quantitative estimate of drug-likeness (QED) is 0.879. The van der Waals surface area contributed by atoms with Crippen LogP contribution in [0.25, 0.3) is 0 Å². The molecule has 2 rings (SSSR count). The van der Waals surface area contributed by atoms with Crippen molar-refractivity contribution in [2.24, 2.45) is 5.92 Å². The SMILES string of the molecule is CNCC1CCCN(C(=O)c2ccc(C#N)cn2)C1. The minimum Gasteiger partial charge on any atom is -0.337 e. The number of pyridine rings is 1. The molecule has 19 heavy (non-hydrogen) atoms. The number of carbonyl (C=O) groups excluding carboxylic acids is 1. The summed E-state index contributed by atoms with van der Waals surface area (Å²) in [5.74, 6) is 0.478. The van der Waals surface area contributed by atoms with E-state index in [4.69, 9.17) is 5.26 Å². The number of rotatable bonds is 3. The normalized spacial score (nSPS) is 18.9. The van der Waals surface area contributed by atoms with Gasteiger partial charge in [0.25, 0.3) is 5.91 Å². The van der Waals surface area contributed by atoms with Gasteiger partial charge in [-0.3, -0.25) is 4.79 Å². The minimum atomic E-state index is -0.0368. The van der Waals surface area contributed by atoms with E-state index in [-0.39, 0.29) is 5.91 Å². The van der Waals surface area contributed by atoms with E-state index in [0.29, 0.717) is 17.2 Å². The van der Waals surface area contributed by atoms with Crippen molar-refractivity contribution in [3.05, 3.63) is 29.6 Å². The second-order valence-corrected chi connectivity index (χ2v) is 4.86. The molecule has 1 saturated heterocycles. The summed E-state index contributed by atoms with van der Waals surface area (Å²) in [6, 6.07) is 5.26. The predicted molar refractivity (Wildman–Crippen MR) is 71.5 cm³/mol. The van der Waals surface area contributed by atoms with E-state index >= 15 is 0 Å². The lowest BCUT2D eigenvalue weighted by molar-refractivity contribution is 0.0668. The van der Waals surface area contributed by atoms with E-state index in [1.165, 1.54) is 6.20 Å². The van der Waals surface area contributed by atoms with Gasteiger partial charge in [0, 0.05) is 19.3 Å². The van der Waals surface area contributed by atoms with Crippen LogP contribution in [0, 0.1) is 17.2 Å². The van der Waals surface area contributed by atoms with Gasteiger partial charge in [-0.05, 0) is 44.5 Å². The number of nitrogens with zero attached hydrogens (tertiary/aromatic N) is 3. The lowest BCUT2D eigenvalue weighted by Crippen LogP contribution is -2.42. The van der Waals surface area contributed by atoms with Gasteiger partial charge >= 0.3 is 0 Å². The molecule has 5 heteroatoms. The molecule has 0 aliphatic carbocycles. The molecule has 1 aliphatic heterocycles. The Bertz CT molecular complexity index is 475. The second kappa shape index (κ2) is 6.30. The van der Waals surface area contributed by atoms with Crippen molar-refractivity contribution in [3.8, 4) is 6.07 Å². The van der Waals surface area contributed by atoms with Gasteiger partial charge in [0.15, 0.2) is 0 Å². The van der Waals surface area contributed by atoms with Crippen molar-refractivity contribution in [1.82, 2.24) is 15.2 Å². The van der Waals surface area contributed by atoms with Gasteiger partial charge in [-0.1, -0.05) is 0 Å². The van der Waals surface area contributed by atoms with Gasteiger partial charge in [-0.25, -0.2) is 4.98 Å². The molecule has 0 aromatic carbocycles. The highest BCUT2D eigenvalue weighted by molar-refractivity contribution is 5.92. The highest BCUT2D eigenvalue weighted by atomic mass is 16.2. The summed E-state index contributed by atoms with van der Waals surface area (Å²) in [5, 5.41) is 11.9. The molecule has 1 atom stereocenters. The summed E-state index contributed by atoms with van der Waals surface area (Å²) in [6.07, 6.45) is 3.64. The van der Waals surface area contributed by atoms with Crippen LogP contribution in [-0.4, -0.2) is 42.5 Å². The standard InChI is InChI=1S/C14H18N4O/c1-16-8-12-3-2-6-18(10-12)14(19)13-5-4-11(7-15)9-17-13/h4-5,9,12,16H,2-3,6,8,10H2,1H3. The van der Waals surface area contributed by atoms with Crippen LogP contribution in [0.4, 0.5) is 0 Å². The number of amides is 1. The maximum absolute atomic E-state index is 12.3. The highest BCUT2D eigenvalue weighted by Gasteiger charge is 2.24. The first-order valence-corrected chi connectivity index (χ1v) is 6.54. The first-order valence-electron chi connectivity index (χ1n) is 6.54. The third-order valence-electron chi connectivity index (χ3n) is 3.41. The molecule has 1 aromatic rings. The Balaban J connectivity index is 2.04. The number of hydrogen-bond donors (Lipinski definition) is 1. The molecule has 1 unspecified atom stereocenters. The Morgan fingerprint density at radius 2 is 2.47 bits per heavy atom. The number of aromatic nitrogens is 1. The number of hydrogen-bond acceptors (Lipinski definition) is 4. The van der Waals surface area contributed by atoms with Crippen molar-refractivity contribution in [2.45, 2.75) is 12.8 Å². The van der Waals surface area contributed by atoms with Crippen LogP contribution in [0.2, 0.25) is 0 Å². The zero-order valence-corrected chi connectivity index (χ0v) is 11.1. The molecule has 1 amide bonds. The minimum absolute atomic E-state index is 0.0368. The third kappa shape index (κ3) is 3.30. The second-order valence-electron chi connectivity index (χ2n) is 4.86. The van der Waals surface area contributed by atoms with Gasteiger partial charge in [-0.15, -0.1) is 0 Å². The van der Waals surface area contributed by atoms with Crippen LogP contribution in [0.1, 0.15) is 28.9 Å². The molecule has 2 heterocycles. The molecular formula is C14H18N4O. The van der Waals surface area contributed by atoms with Crippen LogP contribution in [-0.2, 0) is 0 Å². The molecule has 100 valence electrons. The number of likely N-dealkylation sites (tertiary alicyclic amines) is 1. The fraction of sp³-hybridized carbons (Fsp3) is 0.500. The smallest absolute Gasteiger partial charge is 0.272 e. The van der Waals surface area contributed by atoms with Gasteiger partial charge < -0.3 is 10.2 Å². The largest absolute Gasteiger partial charge is 0.337 e. The Labute approximate surface area is 113 Å². The van der Waals surface area contributed by atoms with Crippen molar-refractivity contribution < 1.29 is 4.79 Å². The monoisotopic (exact) mass is 258 g/mol. The number of nitriles is 1. The van der Waals surface area contributed by atoms with E-state index < -0.39 is 0 Å². The number of piperidine rings is 1. The van der Waals surface area contributed by atoms with E-state index in [1.807, 2.05) is 18.0 Å². The van der Waals surface area contributed by atoms with Crippen molar-refractivity contribution in [2.75, 3.05) is 26.7 Å². The van der Waals surface area contributed by atoms with Gasteiger partial charge in [0.05, 0.1) is 5.56 Å². The summed E-state index contributed by atoms with van der Waals surface area (Å²) in [7, 11) is 1.93. The Hall–Kier alpha value is -1.93. The molecule has 5 nitrogen and oxygen atoms in total. The Morgan fingerprint density at radius 3 is 3.11 bits per heavy atom. The molecule has 0 bridgehead atoms. The van der Waals surface area contributed by atoms with E-state index in [0.717, 1.165) is 32.5 Å². The topological polar surface area (TPSA) is 69.0 Å². The van der Waals surface area contributed by atoms with E-state index in [1.54, 1.807) is 12.1 Å². The molecule has 1 fully saturated rings. The van der Waals surface area contributed by atoms with Gasteiger partial charge in [0.2, 0.25) is 0 Å². The molecule has 1 aliphatic rings. The van der Waals surface area contributed by atoms with Gasteiger partial charge in [-0.2, -0.15) is 5.26 Å². The van der Waals surface area contributed by atoms with Crippen LogP contribution < -0.4 is 5.32 Å². The molecule has 0 radical (unpaired) electrons. The summed E-state index contributed by atoms with van der Waals surface area (Å²) >= 11 is 0. The zero-order valence-electron chi connectivity index (χ0n) is 11.1. The van der Waals surface area contributed by atoms with Crippen LogP contribution in [0.15, 0.2) is 18.3 Å². The maximum Gasteiger partial charge on any atom is 0.272 e. The number of nitrogens with one attached hydrogen (secondary N) is 1. The fourth-order valence-corrected chi connectivity index (χ4v) is 2.45. The maximum atomic E-state index is 12.3. The summed E-state index contributed by atoms with van der Waals surface area (Å²) in [4.78, 5) is 18.2. The first-order chi connectivity index (χ1) is 9.24. The van der Waals surface area contributed by atoms with E-state index in [9.17, 15) is 4.79 Å². The summed E-state index contributed by atoms with van der Waals surface area (Å²) < 4.78 is 0. The number of carbonyl (C=O) groups is 1. The van der Waals surface area contributed by atoms with E-state index in [2.05, 4.69) is 10.3 Å². The molecular weight excluding hydrogens is 240 g/mol. The van der Waals surface area contributed by atoms with Crippen molar-refractivity contribution >= 4 is 5.91 Å². The fourth-order valence-electron chi connectivity index (χ4n) is 2.45. The average Bonchev–Trinajstić information content (AvgIpc) is 2.47. The van der Waals surface area contributed by atoms with Crippen molar-refractivity contribution in [1.29, 1.82) is 5.26 Å². The highest BCUT2D eigenvalue weighted by Crippen LogP contribution is 2.17.